The molecule has 0 fully saturated rings. The summed E-state index contributed by atoms with van der Waals surface area (Å²) in [6.07, 6.45) is 5.27. The lowest BCUT2D eigenvalue weighted by Gasteiger charge is -2.06. The van der Waals surface area contributed by atoms with Gasteiger partial charge in [0.1, 0.15) is 11.5 Å². The van der Waals surface area contributed by atoms with E-state index >= 15 is 0 Å². The van der Waals surface area contributed by atoms with Gasteiger partial charge in [0.05, 0.1) is 49.2 Å². The third-order valence-electron chi connectivity index (χ3n) is 5.84. The van der Waals surface area contributed by atoms with Gasteiger partial charge in [-0.05, 0) is 105 Å². The van der Waals surface area contributed by atoms with Crippen LogP contribution in [0.15, 0.2) is 112 Å². The first-order valence-corrected chi connectivity index (χ1v) is 13.9. The Balaban J connectivity index is 1.41. The number of rotatable bonds is 18. The number of nitrogens with zero attached hydrogens (tertiary/aromatic N) is 4. The van der Waals surface area contributed by atoms with Crippen LogP contribution in [-0.2, 0) is 19.1 Å². The van der Waals surface area contributed by atoms with Gasteiger partial charge in [0, 0.05) is 12.2 Å². The summed E-state index contributed by atoms with van der Waals surface area (Å²) in [5.41, 5.74) is 3.76. The van der Waals surface area contributed by atoms with E-state index in [1.165, 1.54) is 0 Å². The molecule has 0 spiro atoms. The molecule has 10 nitrogen and oxygen atoms in total. The molecule has 0 saturated heterocycles. The summed E-state index contributed by atoms with van der Waals surface area (Å²) in [4.78, 5) is 22.0. The van der Waals surface area contributed by atoms with Crippen LogP contribution in [-0.4, -0.2) is 38.4 Å². The molecule has 0 aliphatic rings. The van der Waals surface area contributed by atoms with Crippen molar-refractivity contribution in [3.05, 3.63) is 97.6 Å². The van der Waals surface area contributed by atoms with Gasteiger partial charge in [0.25, 0.3) is 0 Å². The van der Waals surface area contributed by atoms with Crippen LogP contribution in [0.2, 0.25) is 0 Å². The summed E-state index contributed by atoms with van der Waals surface area (Å²) in [6.45, 7) is 10.4. The van der Waals surface area contributed by atoms with E-state index < -0.39 is 11.9 Å². The summed E-state index contributed by atoms with van der Waals surface area (Å²) >= 11 is 0. The zero-order chi connectivity index (χ0) is 30.7. The van der Waals surface area contributed by atoms with E-state index in [9.17, 15) is 9.59 Å². The molecule has 3 aromatic carbocycles. The Labute approximate surface area is 251 Å². The highest BCUT2D eigenvalue weighted by atomic mass is 16.5. The second-order valence-corrected chi connectivity index (χ2v) is 9.21. The van der Waals surface area contributed by atoms with E-state index in [2.05, 4.69) is 33.6 Å². The maximum absolute atomic E-state index is 11.0. The lowest BCUT2D eigenvalue weighted by Crippen LogP contribution is -2.04. The minimum absolute atomic E-state index is 0.350. The summed E-state index contributed by atoms with van der Waals surface area (Å²) < 4.78 is 21.3. The number of hydrogen-bond acceptors (Lipinski definition) is 10. The number of aryl methyl sites for hydroxylation is 1. The number of esters is 2. The molecule has 0 atom stereocenters. The van der Waals surface area contributed by atoms with Crippen molar-refractivity contribution in [3.8, 4) is 11.5 Å². The van der Waals surface area contributed by atoms with Gasteiger partial charge in [-0.2, -0.15) is 20.5 Å². The maximum Gasteiger partial charge on any atom is 0.330 e. The predicted octanol–water partition coefficient (Wildman–Crippen LogP) is 8.60. The van der Waals surface area contributed by atoms with Crippen LogP contribution in [0.5, 0.6) is 11.5 Å². The van der Waals surface area contributed by atoms with Crippen LogP contribution in [0.3, 0.4) is 0 Å². The van der Waals surface area contributed by atoms with Crippen molar-refractivity contribution >= 4 is 34.7 Å². The highest BCUT2D eigenvalue weighted by Gasteiger charge is 2.02. The number of carbonyl (C=O) groups is 2. The predicted molar refractivity (Wildman–Crippen MR) is 164 cm³/mol. The molecule has 0 aliphatic heterocycles. The molecule has 3 aromatic rings. The molecule has 10 heteroatoms. The van der Waals surface area contributed by atoms with Gasteiger partial charge in [-0.3, -0.25) is 0 Å². The highest BCUT2D eigenvalue weighted by Crippen LogP contribution is 2.28. The number of benzene rings is 3. The topological polar surface area (TPSA) is 120 Å². The summed E-state index contributed by atoms with van der Waals surface area (Å²) in [5, 5.41) is 17.3. The van der Waals surface area contributed by atoms with Crippen molar-refractivity contribution in [2.24, 2.45) is 20.5 Å². The molecule has 0 saturated carbocycles. The van der Waals surface area contributed by atoms with E-state index in [1.54, 1.807) is 0 Å². The van der Waals surface area contributed by atoms with Crippen LogP contribution in [0, 0.1) is 6.92 Å². The number of unbranched alkanes of at least 4 members (excludes halogenated alkanes) is 2. The minimum atomic E-state index is -0.413. The van der Waals surface area contributed by atoms with Crippen molar-refractivity contribution in [2.75, 3.05) is 26.4 Å². The zero-order valence-corrected chi connectivity index (χ0v) is 24.3. The normalized spacial score (nSPS) is 10.9. The smallest absolute Gasteiger partial charge is 0.330 e. The average molecular weight is 585 g/mol. The van der Waals surface area contributed by atoms with Crippen LogP contribution >= 0.6 is 0 Å². The quantitative estimate of drug-likeness (QED) is 0.0639. The Kier molecular flexibility index (Phi) is 13.8. The van der Waals surface area contributed by atoms with E-state index in [0.717, 1.165) is 60.6 Å². The SMILES string of the molecule is C=CC(=O)OCCCCOc1ccc(/N=N/c2ccc(/N=N/c3ccc(OCCCCOC(=O)C=C)cc3)c(C)c2)cc1. The van der Waals surface area contributed by atoms with E-state index in [-0.39, 0.29) is 0 Å². The fourth-order valence-corrected chi connectivity index (χ4v) is 3.51. The second kappa shape index (κ2) is 18.3. The minimum Gasteiger partial charge on any atom is -0.494 e. The fourth-order valence-electron chi connectivity index (χ4n) is 3.51. The van der Waals surface area contributed by atoms with Crippen molar-refractivity contribution < 1.29 is 28.5 Å². The molecule has 0 unspecified atom stereocenters. The molecule has 0 amide bonds. The van der Waals surface area contributed by atoms with Crippen molar-refractivity contribution in [1.29, 1.82) is 0 Å². The molecule has 0 N–H and O–H groups in total. The first-order chi connectivity index (χ1) is 21.0. The van der Waals surface area contributed by atoms with E-state index in [0.29, 0.717) is 43.5 Å². The maximum atomic E-state index is 11.0. The highest BCUT2D eigenvalue weighted by molar-refractivity contribution is 5.81. The molecule has 0 radical (unpaired) electrons. The first-order valence-electron chi connectivity index (χ1n) is 13.9. The van der Waals surface area contributed by atoms with Gasteiger partial charge in [-0.1, -0.05) is 13.2 Å². The van der Waals surface area contributed by atoms with Gasteiger partial charge in [0.2, 0.25) is 0 Å². The third-order valence-corrected chi connectivity index (χ3v) is 5.84. The molecule has 0 bridgehead atoms. The Morgan fingerprint density at radius 3 is 1.49 bits per heavy atom. The average Bonchev–Trinajstić information content (AvgIpc) is 3.03. The largest absolute Gasteiger partial charge is 0.494 e. The summed E-state index contributed by atoms with van der Waals surface area (Å²) in [5.74, 6) is 0.637. The molecule has 0 heterocycles. The van der Waals surface area contributed by atoms with Crippen LogP contribution < -0.4 is 9.47 Å². The van der Waals surface area contributed by atoms with E-state index in [4.69, 9.17) is 18.9 Å². The summed E-state index contributed by atoms with van der Waals surface area (Å²) in [7, 11) is 0. The third kappa shape index (κ3) is 12.5. The number of ether oxygens (including phenoxy) is 4. The van der Waals surface area contributed by atoms with Gasteiger partial charge >= 0.3 is 11.9 Å². The Morgan fingerprint density at radius 1 is 0.605 bits per heavy atom. The number of carbonyl (C=O) groups excluding carboxylic acids is 2. The fraction of sp³-hybridized carbons (Fsp3) is 0.273. The lowest BCUT2D eigenvalue weighted by molar-refractivity contribution is -0.138. The van der Waals surface area contributed by atoms with Crippen molar-refractivity contribution in [1.82, 2.24) is 0 Å². The Hall–Kier alpha value is -5.12. The first kappa shape index (κ1) is 32.4. The molecule has 0 aromatic heterocycles. The monoisotopic (exact) mass is 584 g/mol. The van der Waals surface area contributed by atoms with Crippen molar-refractivity contribution in [2.45, 2.75) is 32.6 Å². The van der Waals surface area contributed by atoms with Crippen LogP contribution in [0.4, 0.5) is 22.7 Å². The van der Waals surface area contributed by atoms with Crippen LogP contribution in [0.1, 0.15) is 31.2 Å². The van der Waals surface area contributed by atoms with Crippen molar-refractivity contribution in [3.63, 3.8) is 0 Å². The van der Waals surface area contributed by atoms with Gasteiger partial charge < -0.3 is 18.9 Å². The van der Waals surface area contributed by atoms with Crippen LogP contribution in [0.25, 0.3) is 0 Å². The molecule has 43 heavy (non-hydrogen) atoms. The second-order valence-electron chi connectivity index (χ2n) is 9.21. The molecular formula is C33H36N4O6. The standard InChI is InChI=1S/C33H36N4O6/c1-4-32(38)42-22-8-6-20-40-29-15-10-26(11-16-29)34-36-28-14-19-31(25(3)24-28)37-35-27-12-17-30(18-13-27)41-21-7-9-23-43-33(39)5-2/h4-5,10-19,24H,1-2,6-9,20-23H2,3H3/b36-34+,37-35+. The number of azo groups is 2. The Bertz CT molecular complexity index is 1400. The van der Waals surface area contributed by atoms with Gasteiger partial charge in [0.15, 0.2) is 0 Å². The van der Waals surface area contributed by atoms with E-state index in [1.807, 2.05) is 73.7 Å². The van der Waals surface area contributed by atoms with Gasteiger partial charge in [-0.25, -0.2) is 9.59 Å². The van der Waals surface area contributed by atoms with Gasteiger partial charge in [-0.15, -0.1) is 0 Å². The molecule has 3 rings (SSSR count). The number of hydrogen-bond donors (Lipinski definition) is 0. The molecule has 0 aliphatic carbocycles. The zero-order valence-electron chi connectivity index (χ0n) is 24.3. The Morgan fingerprint density at radius 2 is 1.02 bits per heavy atom. The molecular weight excluding hydrogens is 548 g/mol. The summed E-state index contributed by atoms with van der Waals surface area (Å²) in [6, 6.07) is 20.3. The molecule has 224 valence electrons. The lowest BCUT2D eigenvalue weighted by atomic mass is 10.2.